The average Bonchev–Trinajstić information content (AvgIpc) is 2.83. The molecule has 100 valence electrons. The zero-order valence-corrected chi connectivity index (χ0v) is 11.7. The van der Waals surface area contributed by atoms with Crippen molar-refractivity contribution in [2.75, 3.05) is 0 Å². The molecule has 2 heterocycles. The zero-order chi connectivity index (χ0) is 13.3. The summed E-state index contributed by atoms with van der Waals surface area (Å²) in [7, 11) is 0. The van der Waals surface area contributed by atoms with Gasteiger partial charge in [-0.1, -0.05) is 13.8 Å². The third-order valence-electron chi connectivity index (χ3n) is 3.54. The Labute approximate surface area is 109 Å². The molecule has 2 rings (SSSR count). The summed E-state index contributed by atoms with van der Waals surface area (Å²) in [5.41, 5.74) is 1.19. The second-order valence-corrected chi connectivity index (χ2v) is 5.96. The predicted octanol–water partition coefficient (Wildman–Crippen LogP) is 2.48. The van der Waals surface area contributed by atoms with E-state index in [1.807, 2.05) is 10.9 Å². The van der Waals surface area contributed by atoms with E-state index in [9.17, 15) is 4.79 Å². The van der Waals surface area contributed by atoms with Gasteiger partial charge < -0.3 is 5.32 Å². The Morgan fingerprint density at radius 3 is 2.72 bits per heavy atom. The molecule has 1 N–H and O–H groups in total. The molecular weight excluding hydrogens is 226 g/mol. The van der Waals surface area contributed by atoms with Crippen molar-refractivity contribution in [1.82, 2.24) is 15.1 Å². The molecule has 1 aromatic rings. The second-order valence-electron chi connectivity index (χ2n) is 5.96. The Hall–Kier alpha value is -1.32. The minimum absolute atomic E-state index is 0.169. The molecule has 1 aliphatic heterocycles. The number of aromatic nitrogens is 2. The summed E-state index contributed by atoms with van der Waals surface area (Å²) in [6.45, 7) is 8.61. The van der Waals surface area contributed by atoms with Gasteiger partial charge in [0.05, 0.1) is 6.20 Å². The number of nitrogens with one attached hydrogen (secondary N) is 1. The van der Waals surface area contributed by atoms with Crippen molar-refractivity contribution < 1.29 is 4.79 Å². The van der Waals surface area contributed by atoms with Crippen molar-refractivity contribution in [2.24, 2.45) is 5.92 Å². The van der Waals surface area contributed by atoms with Gasteiger partial charge in [-0.15, -0.1) is 0 Å². The molecule has 1 saturated heterocycles. The van der Waals surface area contributed by atoms with Crippen LogP contribution >= 0.6 is 0 Å². The van der Waals surface area contributed by atoms with Crippen LogP contribution in [0.25, 0.3) is 0 Å². The molecule has 0 spiro atoms. The standard InChI is InChI=1S/C14H23N3O/c1-9(2)5-13-12(6-14(18)16-13)11-7-15-17(8-11)10(3)4/h7-10,12-13H,5-6H2,1-4H3,(H,16,18). The molecule has 1 aliphatic rings. The maximum Gasteiger partial charge on any atom is 0.220 e. The minimum atomic E-state index is 0.169. The van der Waals surface area contributed by atoms with Crippen LogP contribution in [0.1, 0.15) is 58.1 Å². The van der Waals surface area contributed by atoms with E-state index in [1.54, 1.807) is 0 Å². The highest BCUT2D eigenvalue weighted by Gasteiger charge is 2.34. The first kappa shape index (κ1) is 13.1. The first-order valence-corrected chi connectivity index (χ1v) is 6.80. The SMILES string of the molecule is CC(C)CC1NC(=O)CC1c1cnn(C(C)C)c1. The average molecular weight is 249 g/mol. The molecule has 4 heteroatoms. The molecule has 0 saturated carbocycles. The predicted molar refractivity (Wildman–Crippen MR) is 71.4 cm³/mol. The van der Waals surface area contributed by atoms with Crippen molar-refractivity contribution >= 4 is 5.91 Å². The van der Waals surface area contributed by atoms with Crippen LogP contribution in [0.5, 0.6) is 0 Å². The lowest BCUT2D eigenvalue weighted by molar-refractivity contribution is -0.119. The van der Waals surface area contributed by atoms with Crippen LogP contribution in [-0.4, -0.2) is 21.7 Å². The Bertz CT molecular complexity index is 422. The van der Waals surface area contributed by atoms with Gasteiger partial charge >= 0.3 is 0 Å². The van der Waals surface area contributed by atoms with Gasteiger partial charge in [0.15, 0.2) is 0 Å². The Kier molecular flexibility index (Phi) is 3.73. The third kappa shape index (κ3) is 2.74. The van der Waals surface area contributed by atoms with Gasteiger partial charge in [0.25, 0.3) is 0 Å². The molecule has 0 aromatic carbocycles. The van der Waals surface area contributed by atoms with E-state index in [4.69, 9.17) is 0 Å². The summed E-state index contributed by atoms with van der Waals surface area (Å²) in [6, 6.07) is 0.634. The fourth-order valence-electron chi connectivity index (χ4n) is 2.62. The topological polar surface area (TPSA) is 46.9 Å². The number of carbonyl (C=O) groups excluding carboxylic acids is 1. The van der Waals surface area contributed by atoms with E-state index in [-0.39, 0.29) is 17.9 Å². The maximum absolute atomic E-state index is 11.6. The van der Waals surface area contributed by atoms with Crippen molar-refractivity contribution in [3.8, 4) is 0 Å². The van der Waals surface area contributed by atoms with Gasteiger partial charge in [0.1, 0.15) is 0 Å². The highest BCUT2D eigenvalue weighted by atomic mass is 16.2. The van der Waals surface area contributed by atoms with Gasteiger partial charge in [-0.3, -0.25) is 9.48 Å². The number of nitrogens with zero attached hydrogens (tertiary/aromatic N) is 2. The summed E-state index contributed by atoms with van der Waals surface area (Å²) in [6.07, 6.45) is 5.63. The molecule has 0 radical (unpaired) electrons. The monoisotopic (exact) mass is 249 g/mol. The number of hydrogen-bond acceptors (Lipinski definition) is 2. The first-order chi connectivity index (χ1) is 8.47. The smallest absolute Gasteiger partial charge is 0.220 e. The summed E-state index contributed by atoms with van der Waals surface area (Å²) < 4.78 is 1.96. The van der Waals surface area contributed by atoms with Crippen LogP contribution in [-0.2, 0) is 4.79 Å². The lowest BCUT2D eigenvalue weighted by Gasteiger charge is -2.19. The highest BCUT2D eigenvalue weighted by molar-refractivity contribution is 5.80. The van der Waals surface area contributed by atoms with E-state index < -0.39 is 0 Å². The molecule has 2 unspecified atom stereocenters. The van der Waals surface area contributed by atoms with E-state index >= 15 is 0 Å². The van der Waals surface area contributed by atoms with Crippen molar-refractivity contribution in [2.45, 2.75) is 58.5 Å². The highest BCUT2D eigenvalue weighted by Crippen LogP contribution is 2.31. The fourth-order valence-corrected chi connectivity index (χ4v) is 2.62. The Morgan fingerprint density at radius 1 is 1.44 bits per heavy atom. The van der Waals surface area contributed by atoms with Crippen LogP contribution in [0.4, 0.5) is 0 Å². The summed E-state index contributed by atoms with van der Waals surface area (Å²) in [4.78, 5) is 11.6. The van der Waals surface area contributed by atoms with E-state index in [2.05, 4.69) is 44.3 Å². The Morgan fingerprint density at radius 2 is 2.17 bits per heavy atom. The molecule has 1 amide bonds. The van der Waals surface area contributed by atoms with Crippen molar-refractivity contribution in [1.29, 1.82) is 0 Å². The van der Waals surface area contributed by atoms with Gasteiger partial charge in [0.2, 0.25) is 5.91 Å². The van der Waals surface area contributed by atoms with Gasteiger partial charge in [-0.25, -0.2) is 0 Å². The first-order valence-electron chi connectivity index (χ1n) is 6.80. The number of hydrogen-bond donors (Lipinski definition) is 1. The van der Waals surface area contributed by atoms with Crippen LogP contribution in [0, 0.1) is 5.92 Å². The van der Waals surface area contributed by atoms with Gasteiger partial charge in [-0.05, 0) is 31.7 Å². The molecule has 1 fully saturated rings. The minimum Gasteiger partial charge on any atom is -0.353 e. The lowest BCUT2D eigenvalue weighted by atomic mass is 9.89. The third-order valence-corrected chi connectivity index (χ3v) is 3.54. The van der Waals surface area contributed by atoms with Crippen LogP contribution < -0.4 is 5.32 Å². The molecule has 1 aromatic heterocycles. The molecule has 2 atom stereocenters. The van der Waals surface area contributed by atoms with E-state index in [1.165, 1.54) is 5.56 Å². The summed E-state index contributed by atoms with van der Waals surface area (Å²) in [5, 5.41) is 7.47. The number of amides is 1. The number of carbonyl (C=O) groups is 1. The molecule has 18 heavy (non-hydrogen) atoms. The molecule has 0 bridgehead atoms. The van der Waals surface area contributed by atoms with E-state index in [0.29, 0.717) is 18.4 Å². The lowest BCUT2D eigenvalue weighted by Crippen LogP contribution is -2.29. The maximum atomic E-state index is 11.6. The Balaban J connectivity index is 2.16. The zero-order valence-electron chi connectivity index (χ0n) is 11.7. The summed E-state index contributed by atoms with van der Waals surface area (Å²) >= 11 is 0. The summed E-state index contributed by atoms with van der Waals surface area (Å²) in [5.74, 6) is 1.05. The van der Waals surface area contributed by atoms with Gasteiger partial charge in [-0.2, -0.15) is 5.10 Å². The van der Waals surface area contributed by atoms with Crippen LogP contribution in [0.15, 0.2) is 12.4 Å². The number of rotatable bonds is 4. The van der Waals surface area contributed by atoms with Crippen LogP contribution in [0.3, 0.4) is 0 Å². The molecule has 0 aliphatic carbocycles. The van der Waals surface area contributed by atoms with Crippen molar-refractivity contribution in [3.05, 3.63) is 18.0 Å². The molecular formula is C14H23N3O. The van der Waals surface area contributed by atoms with Crippen molar-refractivity contribution in [3.63, 3.8) is 0 Å². The van der Waals surface area contributed by atoms with Gasteiger partial charge in [0, 0.05) is 30.6 Å². The normalized spacial score (nSPS) is 24.0. The largest absolute Gasteiger partial charge is 0.353 e. The second kappa shape index (κ2) is 5.12. The van der Waals surface area contributed by atoms with E-state index in [0.717, 1.165) is 6.42 Å². The molecule has 4 nitrogen and oxygen atoms in total. The fraction of sp³-hybridized carbons (Fsp3) is 0.714. The van der Waals surface area contributed by atoms with Crippen LogP contribution in [0.2, 0.25) is 0 Å². The quantitative estimate of drug-likeness (QED) is 0.891.